The van der Waals surface area contributed by atoms with Gasteiger partial charge in [0.05, 0.1) is 0 Å². The Hall–Kier alpha value is -2.08. The third-order valence-electron chi connectivity index (χ3n) is 3.94. The van der Waals surface area contributed by atoms with Gasteiger partial charge in [-0.3, -0.25) is 4.72 Å². The summed E-state index contributed by atoms with van der Waals surface area (Å²) in [5, 5.41) is 5.42. The number of hydrogen-bond acceptors (Lipinski definition) is 4. The Morgan fingerprint density at radius 1 is 1.17 bits per heavy atom. The highest BCUT2D eigenvalue weighted by Gasteiger charge is 2.07. The number of fused-ring (bicyclic) bond motifs is 1. The zero-order valence-corrected chi connectivity index (χ0v) is 14.9. The van der Waals surface area contributed by atoms with Gasteiger partial charge in [0.25, 0.3) is 0 Å². The highest BCUT2D eigenvalue weighted by atomic mass is 32.2. The van der Waals surface area contributed by atoms with E-state index in [1.165, 1.54) is 27.0 Å². The zero-order chi connectivity index (χ0) is 16.4. The van der Waals surface area contributed by atoms with Crippen molar-refractivity contribution in [2.24, 2.45) is 0 Å². The molecule has 0 aliphatic carbocycles. The summed E-state index contributed by atoms with van der Waals surface area (Å²) in [5.74, 6) is 0. The van der Waals surface area contributed by atoms with Crippen LogP contribution in [-0.2, 0) is 6.54 Å². The first-order chi connectivity index (χ1) is 11.8. The molecule has 3 aromatic heterocycles. The summed E-state index contributed by atoms with van der Waals surface area (Å²) in [6.45, 7) is 2.89. The number of aromatic nitrogens is 2. The van der Waals surface area contributed by atoms with Gasteiger partial charge in [-0.15, -0.1) is 0 Å². The fraction of sp³-hybridized carbons (Fsp3) is 0.105. The first kappa shape index (κ1) is 15.4. The zero-order valence-electron chi connectivity index (χ0n) is 13.2. The molecule has 0 bridgehead atoms. The lowest BCUT2D eigenvalue weighted by Crippen LogP contribution is -2.02. The summed E-state index contributed by atoms with van der Waals surface area (Å²) in [6.07, 6.45) is 3.97. The van der Waals surface area contributed by atoms with Crippen LogP contribution < -0.4 is 4.72 Å². The van der Waals surface area contributed by atoms with Crippen molar-refractivity contribution in [2.75, 3.05) is 0 Å². The predicted molar refractivity (Wildman–Crippen MR) is 103 cm³/mol. The average Bonchev–Trinajstić information content (AvgIpc) is 3.26. The number of thiophene rings is 1. The summed E-state index contributed by atoms with van der Waals surface area (Å²) in [5.41, 5.74) is 5.84. The van der Waals surface area contributed by atoms with Gasteiger partial charge in [0.15, 0.2) is 0 Å². The number of pyridine rings is 1. The van der Waals surface area contributed by atoms with Crippen molar-refractivity contribution in [3.63, 3.8) is 0 Å². The molecular formula is C19H17N3S2. The largest absolute Gasteiger partial charge is 0.346 e. The van der Waals surface area contributed by atoms with Gasteiger partial charge in [0, 0.05) is 34.8 Å². The molecule has 3 heterocycles. The van der Waals surface area contributed by atoms with Crippen LogP contribution in [0.4, 0.5) is 0 Å². The van der Waals surface area contributed by atoms with Crippen LogP contribution in [-0.4, -0.2) is 9.97 Å². The van der Waals surface area contributed by atoms with Crippen LogP contribution in [0.2, 0.25) is 0 Å². The van der Waals surface area contributed by atoms with Crippen molar-refractivity contribution >= 4 is 34.3 Å². The number of aryl methyl sites for hydroxylation is 1. The Bertz CT molecular complexity index is 941. The Morgan fingerprint density at radius 2 is 2.04 bits per heavy atom. The van der Waals surface area contributed by atoms with Crippen molar-refractivity contribution < 1.29 is 0 Å². The molecule has 120 valence electrons. The number of rotatable bonds is 5. The molecule has 0 spiro atoms. The summed E-state index contributed by atoms with van der Waals surface area (Å²) in [6, 6.07) is 12.9. The minimum absolute atomic E-state index is 0.785. The molecule has 0 radical (unpaired) electrons. The van der Waals surface area contributed by atoms with Crippen LogP contribution in [0.3, 0.4) is 0 Å². The quantitative estimate of drug-likeness (QED) is 0.473. The predicted octanol–water partition coefficient (Wildman–Crippen LogP) is 5.40. The van der Waals surface area contributed by atoms with E-state index in [0.29, 0.717) is 0 Å². The first-order valence-electron chi connectivity index (χ1n) is 7.74. The van der Waals surface area contributed by atoms with E-state index in [-0.39, 0.29) is 0 Å². The normalized spacial score (nSPS) is 11.2. The van der Waals surface area contributed by atoms with Crippen LogP contribution in [0.15, 0.2) is 64.4 Å². The summed E-state index contributed by atoms with van der Waals surface area (Å²) in [7, 11) is 0. The van der Waals surface area contributed by atoms with Gasteiger partial charge >= 0.3 is 0 Å². The molecule has 1 aromatic carbocycles. The molecule has 0 atom stereocenters. The molecular weight excluding hydrogens is 334 g/mol. The topological polar surface area (TPSA) is 40.7 Å². The third kappa shape index (κ3) is 3.24. The number of benzene rings is 1. The van der Waals surface area contributed by atoms with E-state index in [9.17, 15) is 0 Å². The number of nitrogens with zero attached hydrogens (tertiary/aromatic N) is 1. The highest BCUT2D eigenvalue weighted by Crippen LogP contribution is 2.26. The molecule has 4 aromatic rings. The third-order valence-corrected chi connectivity index (χ3v) is 5.42. The molecule has 3 nitrogen and oxygen atoms in total. The van der Waals surface area contributed by atoms with Crippen molar-refractivity contribution in [2.45, 2.75) is 18.4 Å². The minimum atomic E-state index is 0.785. The van der Waals surface area contributed by atoms with Gasteiger partial charge < -0.3 is 4.98 Å². The number of nitrogens with one attached hydrogen (secondary N) is 2. The second-order valence-electron chi connectivity index (χ2n) is 5.68. The van der Waals surface area contributed by atoms with Gasteiger partial charge in [-0.25, -0.2) is 4.98 Å². The van der Waals surface area contributed by atoms with E-state index in [2.05, 4.69) is 68.8 Å². The monoisotopic (exact) mass is 351 g/mol. The maximum atomic E-state index is 4.55. The van der Waals surface area contributed by atoms with Crippen molar-refractivity contribution in [3.8, 4) is 11.1 Å². The molecule has 24 heavy (non-hydrogen) atoms. The van der Waals surface area contributed by atoms with Crippen LogP contribution >= 0.6 is 23.3 Å². The second-order valence-corrected chi connectivity index (χ2v) is 7.43. The lowest BCUT2D eigenvalue weighted by atomic mass is 10.1. The van der Waals surface area contributed by atoms with E-state index >= 15 is 0 Å². The lowest BCUT2D eigenvalue weighted by molar-refractivity contribution is 0.984. The SMILES string of the molecule is Cc1ccc(SNCc2c[nH]c3ncc(-c4ccsc4)cc23)cc1. The molecule has 0 fully saturated rings. The van der Waals surface area contributed by atoms with Crippen LogP contribution in [0.1, 0.15) is 11.1 Å². The summed E-state index contributed by atoms with van der Waals surface area (Å²) < 4.78 is 3.44. The van der Waals surface area contributed by atoms with Crippen molar-refractivity contribution in [3.05, 3.63) is 70.7 Å². The minimum Gasteiger partial charge on any atom is -0.346 e. The summed E-state index contributed by atoms with van der Waals surface area (Å²) >= 11 is 3.36. The molecule has 5 heteroatoms. The van der Waals surface area contributed by atoms with Gasteiger partial charge in [-0.05, 0) is 65.0 Å². The number of H-pyrrole nitrogens is 1. The van der Waals surface area contributed by atoms with Crippen molar-refractivity contribution in [1.82, 2.24) is 14.7 Å². The molecule has 2 N–H and O–H groups in total. The van der Waals surface area contributed by atoms with E-state index in [1.54, 1.807) is 23.3 Å². The van der Waals surface area contributed by atoms with Crippen molar-refractivity contribution in [1.29, 1.82) is 0 Å². The molecule has 0 saturated heterocycles. The fourth-order valence-electron chi connectivity index (χ4n) is 2.59. The molecule has 0 saturated carbocycles. The van der Waals surface area contributed by atoms with Crippen LogP contribution in [0.5, 0.6) is 0 Å². The number of aromatic amines is 1. The molecule has 0 unspecified atom stereocenters. The first-order valence-corrected chi connectivity index (χ1v) is 9.50. The molecule has 0 aliphatic rings. The Morgan fingerprint density at radius 3 is 2.83 bits per heavy atom. The standard InChI is InChI=1S/C19H17N3S2/c1-13-2-4-17(5-3-13)24-22-11-16-10-21-19-18(16)8-15(9-20-19)14-6-7-23-12-14/h2-10,12,22H,11H2,1H3,(H,20,21). The van der Waals surface area contributed by atoms with Crippen LogP contribution in [0.25, 0.3) is 22.2 Å². The highest BCUT2D eigenvalue weighted by molar-refractivity contribution is 7.97. The van der Waals surface area contributed by atoms with Gasteiger partial charge in [-0.2, -0.15) is 11.3 Å². The van der Waals surface area contributed by atoms with E-state index in [0.717, 1.165) is 17.8 Å². The smallest absolute Gasteiger partial charge is 0.137 e. The Kier molecular flexibility index (Phi) is 4.38. The summed E-state index contributed by atoms with van der Waals surface area (Å²) in [4.78, 5) is 9.03. The van der Waals surface area contributed by atoms with Crippen LogP contribution in [0, 0.1) is 6.92 Å². The van der Waals surface area contributed by atoms with E-state index in [4.69, 9.17) is 0 Å². The second kappa shape index (κ2) is 6.81. The average molecular weight is 352 g/mol. The Labute approximate surface area is 149 Å². The maximum Gasteiger partial charge on any atom is 0.137 e. The Balaban J connectivity index is 1.51. The molecule has 0 aliphatic heterocycles. The molecule has 0 amide bonds. The van der Waals surface area contributed by atoms with Gasteiger partial charge in [0.1, 0.15) is 5.65 Å². The maximum absolute atomic E-state index is 4.55. The van der Waals surface area contributed by atoms with Gasteiger partial charge in [-0.1, -0.05) is 17.7 Å². The van der Waals surface area contributed by atoms with E-state index in [1.807, 2.05) is 12.4 Å². The van der Waals surface area contributed by atoms with Gasteiger partial charge in [0.2, 0.25) is 0 Å². The number of hydrogen-bond donors (Lipinski definition) is 2. The lowest BCUT2D eigenvalue weighted by Gasteiger charge is -2.04. The molecule has 4 rings (SSSR count). The van der Waals surface area contributed by atoms with E-state index < -0.39 is 0 Å². The fourth-order valence-corrected chi connectivity index (χ4v) is 3.93.